The summed E-state index contributed by atoms with van der Waals surface area (Å²) < 4.78 is 14.0. The zero-order valence-corrected chi connectivity index (χ0v) is 13.3. The number of hydrogen-bond donors (Lipinski definition) is 1. The second kappa shape index (κ2) is 5.82. The van der Waals surface area contributed by atoms with E-state index >= 15 is 0 Å². The van der Waals surface area contributed by atoms with Gasteiger partial charge in [0.05, 0.1) is 16.3 Å². The first kappa shape index (κ1) is 15.2. The second-order valence-corrected chi connectivity index (χ2v) is 6.07. The Bertz CT molecular complexity index is 788. The van der Waals surface area contributed by atoms with Crippen LogP contribution in [-0.2, 0) is 19.5 Å². The first-order valence-corrected chi connectivity index (χ1v) is 7.58. The molecule has 1 aliphatic heterocycles. The average Bonchev–Trinajstić information content (AvgIpc) is 2.48. The maximum atomic E-state index is 14.0. The molecule has 0 radical (unpaired) electrons. The lowest BCUT2D eigenvalue weighted by atomic mass is 10.0. The summed E-state index contributed by atoms with van der Waals surface area (Å²) in [5, 5.41) is 0.460. The predicted octanol–water partition coefficient (Wildman–Crippen LogP) is 2.74. The zero-order valence-electron chi connectivity index (χ0n) is 12.5. The van der Waals surface area contributed by atoms with Crippen molar-refractivity contribution in [2.75, 3.05) is 6.54 Å². The summed E-state index contributed by atoms with van der Waals surface area (Å²) in [6.45, 7) is 5.21. The van der Waals surface area contributed by atoms with Gasteiger partial charge in [-0.25, -0.2) is 9.37 Å². The van der Waals surface area contributed by atoms with Gasteiger partial charge in [-0.15, -0.1) is 0 Å². The van der Waals surface area contributed by atoms with E-state index in [1.165, 1.54) is 6.07 Å². The first-order valence-electron chi connectivity index (χ1n) is 7.20. The van der Waals surface area contributed by atoms with Crippen LogP contribution in [0.1, 0.15) is 28.2 Å². The van der Waals surface area contributed by atoms with Gasteiger partial charge in [0.15, 0.2) is 0 Å². The monoisotopic (exact) mass is 321 g/mol. The molecular formula is C16H17ClFN3O. The molecule has 0 fully saturated rings. The van der Waals surface area contributed by atoms with Crippen molar-refractivity contribution in [1.82, 2.24) is 14.9 Å². The predicted molar refractivity (Wildman–Crippen MR) is 83.6 cm³/mol. The Kier molecular flexibility index (Phi) is 4.02. The SMILES string of the molecule is Cc1nc2c(c(=O)[nH]1)CN(Cc1c(F)ccc(C)c1Cl)CC2. The minimum atomic E-state index is -0.308. The van der Waals surface area contributed by atoms with Gasteiger partial charge in [-0.1, -0.05) is 17.7 Å². The zero-order chi connectivity index (χ0) is 15.9. The van der Waals surface area contributed by atoms with Crippen LogP contribution < -0.4 is 5.56 Å². The molecule has 1 aliphatic rings. The highest BCUT2D eigenvalue weighted by atomic mass is 35.5. The minimum absolute atomic E-state index is 0.108. The summed E-state index contributed by atoms with van der Waals surface area (Å²) in [4.78, 5) is 21.2. The highest BCUT2D eigenvalue weighted by molar-refractivity contribution is 6.32. The normalized spacial score (nSPS) is 14.9. The molecule has 22 heavy (non-hydrogen) atoms. The van der Waals surface area contributed by atoms with Crippen LogP contribution in [0.4, 0.5) is 4.39 Å². The molecule has 0 saturated heterocycles. The van der Waals surface area contributed by atoms with Crippen LogP contribution in [-0.4, -0.2) is 21.4 Å². The molecule has 2 heterocycles. The number of rotatable bonds is 2. The van der Waals surface area contributed by atoms with Crippen LogP contribution in [0.15, 0.2) is 16.9 Å². The van der Waals surface area contributed by atoms with Crippen molar-refractivity contribution < 1.29 is 4.39 Å². The van der Waals surface area contributed by atoms with Crippen LogP contribution >= 0.6 is 11.6 Å². The molecular weight excluding hydrogens is 305 g/mol. The van der Waals surface area contributed by atoms with E-state index in [2.05, 4.69) is 9.97 Å². The summed E-state index contributed by atoms with van der Waals surface area (Å²) in [5.41, 5.74) is 2.74. The molecule has 0 saturated carbocycles. The molecule has 4 nitrogen and oxygen atoms in total. The van der Waals surface area contributed by atoms with Crippen LogP contribution in [0.3, 0.4) is 0 Å². The third-order valence-corrected chi connectivity index (χ3v) is 4.55. The van der Waals surface area contributed by atoms with E-state index < -0.39 is 0 Å². The van der Waals surface area contributed by atoms with Gasteiger partial charge in [0, 0.05) is 31.6 Å². The van der Waals surface area contributed by atoms with Gasteiger partial charge < -0.3 is 4.98 Å². The number of fused-ring (bicyclic) bond motifs is 1. The summed E-state index contributed by atoms with van der Waals surface area (Å²) in [5.74, 6) is 0.322. The van der Waals surface area contributed by atoms with Crippen molar-refractivity contribution in [3.63, 3.8) is 0 Å². The molecule has 0 atom stereocenters. The smallest absolute Gasteiger partial charge is 0.255 e. The van der Waals surface area contributed by atoms with Crippen molar-refractivity contribution in [2.45, 2.75) is 33.4 Å². The standard InChI is InChI=1S/C16H17ClFN3O/c1-9-3-4-13(18)11(15(9)17)7-21-6-5-14-12(8-21)16(22)20-10(2)19-14/h3-4H,5-8H2,1-2H3,(H,19,20,22). The fraction of sp³-hybridized carbons (Fsp3) is 0.375. The Labute approximate surface area is 133 Å². The van der Waals surface area contributed by atoms with Crippen molar-refractivity contribution in [3.8, 4) is 0 Å². The van der Waals surface area contributed by atoms with E-state index in [9.17, 15) is 9.18 Å². The van der Waals surface area contributed by atoms with E-state index in [-0.39, 0.29) is 11.4 Å². The summed E-state index contributed by atoms with van der Waals surface area (Å²) in [6, 6.07) is 3.11. The van der Waals surface area contributed by atoms with Crippen molar-refractivity contribution in [3.05, 3.63) is 61.5 Å². The average molecular weight is 322 g/mol. The molecule has 0 amide bonds. The van der Waals surface area contributed by atoms with E-state index in [0.717, 1.165) is 17.8 Å². The number of H-pyrrole nitrogens is 1. The van der Waals surface area contributed by atoms with Crippen LogP contribution in [0.5, 0.6) is 0 Å². The lowest BCUT2D eigenvalue weighted by Gasteiger charge is -2.28. The van der Waals surface area contributed by atoms with Crippen LogP contribution in [0.2, 0.25) is 5.02 Å². The highest BCUT2D eigenvalue weighted by Crippen LogP contribution is 2.26. The Morgan fingerprint density at radius 3 is 2.95 bits per heavy atom. The number of aromatic amines is 1. The lowest BCUT2D eigenvalue weighted by Crippen LogP contribution is -2.35. The molecule has 0 spiro atoms. The molecule has 2 aromatic rings. The molecule has 1 aromatic carbocycles. The van der Waals surface area contributed by atoms with Crippen molar-refractivity contribution in [2.24, 2.45) is 0 Å². The molecule has 1 N–H and O–H groups in total. The Morgan fingerprint density at radius 2 is 2.18 bits per heavy atom. The first-order chi connectivity index (χ1) is 10.5. The number of hydrogen-bond acceptors (Lipinski definition) is 3. The van der Waals surface area contributed by atoms with Crippen molar-refractivity contribution in [1.29, 1.82) is 0 Å². The lowest BCUT2D eigenvalue weighted by molar-refractivity contribution is 0.238. The molecule has 0 aliphatic carbocycles. The van der Waals surface area contributed by atoms with E-state index in [0.29, 0.717) is 41.5 Å². The van der Waals surface area contributed by atoms with Crippen LogP contribution in [0.25, 0.3) is 0 Å². The van der Waals surface area contributed by atoms with Crippen molar-refractivity contribution >= 4 is 11.6 Å². The quantitative estimate of drug-likeness (QED) is 0.925. The Morgan fingerprint density at radius 1 is 1.41 bits per heavy atom. The maximum absolute atomic E-state index is 14.0. The van der Waals surface area contributed by atoms with Gasteiger partial charge in [-0.2, -0.15) is 0 Å². The third-order valence-electron chi connectivity index (χ3n) is 4.03. The largest absolute Gasteiger partial charge is 0.310 e. The molecule has 116 valence electrons. The summed E-state index contributed by atoms with van der Waals surface area (Å²) in [7, 11) is 0. The van der Waals surface area contributed by atoms with E-state index in [4.69, 9.17) is 11.6 Å². The number of halogens is 2. The third kappa shape index (κ3) is 2.78. The molecule has 6 heteroatoms. The van der Waals surface area contributed by atoms with E-state index in [1.54, 1.807) is 13.0 Å². The Balaban J connectivity index is 1.88. The Hall–Kier alpha value is -1.72. The highest BCUT2D eigenvalue weighted by Gasteiger charge is 2.22. The second-order valence-electron chi connectivity index (χ2n) is 5.69. The molecule has 1 aromatic heterocycles. The molecule has 3 rings (SSSR count). The number of aryl methyl sites for hydroxylation is 2. The van der Waals surface area contributed by atoms with Gasteiger partial charge in [0.1, 0.15) is 11.6 Å². The molecule has 0 bridgehead atoms. The number of nitrogens with zero attached hydrogens (tertiary/aromatic N) is 2. The molecule has 0 unspecified atom stereocenters. The number of aromatic nitrogens is 2. The summed E-state index contributed by atoms with van der Waals surface area (Å²) >= 11 is 6.22. The fourth-order valence-electron chi connectivity index (χ4n) is 2.82. The van der Waals surface area contributed by atoms with Crippen LogP contribution in [0, 0.1) is 19.7 Å². The number of benzene rings is 1. The maximum Gasteiger partial charge on any atom is 0.255 e. The fourth-order valence-corrected chi connectivity index (χ4v) is 3.04. The van der Waals surface area contributed by atoms with E-state index in [1.807, 2.05) is 11.8 Å². The number of nitrogens with one attached hydrogen (secondary N) is 1. The van der Waals surface area contributed by atoms with Gasteiger partial charge >= 0.3 is 0 Å². The topological polar surface area (TPSA) is 49.0 Å². The minimum Gasteiger partial charge on any atom is -0.310 e. The van der Waals surface area contributed by atoms with Gasteiger partial charge in [0.2, 0.25) is 0 Å². The summed E-state index contributed by atoms with van der Waals surface area (Å²) in [6.07, 6.45) is 0.686. The van der Waals surface area contributed by atoms with Gasteiger partial charge in [-0.05, 0) is 25.5 Å². The van der Waals surface area contributed by atoms with Gasteiger partial charge in [-0.3, -0.25) is 9.69 Å². The van der Waals surface area contributed by atoms with Gasteiger partial charge in [0.25, 0.3) is 5.56 Å².